The topological polar surface area (TPSA) is 132 Å². The van der Waals surface area contributed by atoms with Crippen LogP contribution in [0.25, 0.3) is 6.20 Å². The van der Waals surface area contributed by atoms with E-state index < -0.39 is 11.0 Å². The van der Waals surface area contributed by atoms with Gasteiger partial charge in [-0.25, -0.2) is 4.68 Å². The molecule has 0 saturated heterocycles. The molecule has 2 atom stereocenters. The van der Waals surface area contributed by atoms with Crippen LogP contribution >= 0.6 is 12.4 Å². The minimum atomic E-state index is -0.792. The van der Waals surface area contributed by atoms with Crippen LogP contribution in [0.5, 0.6) is 5.88 Å². The van der Waals surface area contributed by atoms with Crippen molar-refractivity contribution < 1.29 is 19.4 Å². The Bertz CT molecular complexity index is 960. The highest BCUT2D eigenvalue weighted by molar-refractivity contribution is 5.96. The molecule has 4 bridgehead atoms. The van der Waals surface area contributed by atoms with E-state index >= 15 is 0 Å². The quantitative estimate of drug-likeness (QED) is 0.373. The van der Waals surface area contributed by atoms with Crippen molar-refractivity contribution in [2.24, 2.45) is 34.8 Å². The number of aliphatic hydroxyl groups is 1. The highest BCUT2D eigenvalue weighted by atomic mass is 35.5. The van der Waals surface area contributed by atoms with Gasteiger partial charge in [0.15, 0.2) is 0 Å². The van der Waals surface area contributed by atoms with Gasteiger partial charge in [-0.2, -0.15) is 5.10 Å². The van der Waals surface area contributed by atoms with Crippen molar-refractivity contribution in [3.05, 3.63) is 17.8 Å². The van der Waals surface area contributed by atoms with E-state index in [1.807, 2.05) is 13.8 Å². The molecule has 10 heteroatoms. The lowest BCUT2D eigenvalue weighted by molar-refractivity contribution is -0.137. The molecule has 0 aliphatic heterocycles. The van der Waals surface area contributed by atoms with Crippen molar-refractivity contribution in [2.75, 3.05) is 19.7 Å². The lowest BCUT2D eigenvalue weighted by Crippen LogP contribution is -2.61. The van der Waals surface area contributed by atoms with Crippen LogP contribution in [0.1, 0.15) is 70.2 Å². The summed E-state index contributed by atoms with van der Waals surface area (Å²) in [5.74, 6) is 1.50. The van der Waals surface area contributed by atoms with Gasteiger partial charge in [-0.05, 0) is 69.6 Å². The second-order valence-electron chi connectivity index (χ2n) is 11.8. The average Bonchev–Trinajstić information content (AvgIpc) is 3.18. The normalized spacial score (nSPS) is 28.9. The Balaban J connectivity index is 0.00000361. The van der Waals surface area contributed by atoms with Crippen molar-refractivity contribution in [1.82, 2.24) is 20.4 Å². The summed E-state index contributed by atoms with van der Waals surface area (Å²) in [6, 6.07) is 0.0707. The second kappa shape index (κ2) is 11.1. The third-order valence-electron chi connectivity index (χ3n) is 7.73. The van der Waals surface area contributed by atoms with Gasteiger partial charge in [0.05, 0.1) is 23.8 Å². The fraction of sp³-hybridized carbons (Fsp3) is 0.731. The van der Waals surface area contributed by atoms with E-state index in [1.54, 1.807) is 26.1 Å². The highest BCUT2D eigenvalue weighted by Crippen LogP contribution is 2.55. The summed E-state index contributed by atoms with van der Waals surface area (Å²) in [5, 5.41) is 21.3. The molecule has 202 valence electrons. The largest absolute Gasteiger partial charge is 0.477 e. The van der Waals surface area contributed by atoms with Gasteiger partial charge >= 0.3 is 0 Å². The number of rotatable bonds is 10. The van der Waals surface area contributed by atoms with Crippen LogP contribution in [0.2, 0.25) is 0 Å². The average molecular weight is 524 g/mol. The van der Waals surface area contributed by atoms with E-state index in [1.165, 1.54) is 10.9 Å². The molecule has 2 amide bonds. The number of amides is 2. The molecule has 0 aromatic carbocycles. The Morgan fingerprint density at radius 2 is 1.97 bits per heavy atom. The number of carbonyl (C=O) groups excluding carboxylic acids is 2. The minimum Gasteiger partial charge on any atom is -0.477 e. The first kappa shape index (κ1) is 28.5. The molecule has 2 unspecified atom stereocenters. The lowest BCUT2D eigenvalue weighted by Gasteiger charge is -2.58. The Kier molecular flexibility index (Phi) is 8.78. The van der Waals surface area contributed by atoms with Crippen LogP contribution in [0.15, 0.2) is 12.3 Å². The highest BCUT2D eigenvalue weighted by Gasteiger charge is 2.55. The van der Waals surface area contributed by atoms with Gasteiger partial charge in [0.2, 0.25) is 11.8 Å². The molecule has 9 nitrogen and oxygen atoms in total. The molecular formula is C26H42ClN5O4. The summed E-state index contributed by atoms with van der Waals surface area (Å²) in [7, 11) is 0. The van der Waals surface area contributed by atoms with Crippen LogP contribution in [-0.2, 0) is 4.79 Å². The predicted octanol–water partition coefficient (Wildman–Crippen LogP) is 2.58. The van der Waals surface area contributed by atoms with Crippen molar-refractivity contribution in [3.63, 3.8) is 0 Å². The molecule has 4 aliphatic rings. The first-order valence-corrected chi connectivity index (χ1v) is 12.9. The number of halogens is 1. The smallest absolute Gasteiger partial charge is 0.258 e. The van der Waals surface area contributed by atoms with Gasteiger partial charge in [0.25, 0.3) is 5.91 Å². The van der Waals surface area contributed by atoms with Gasteiger partial charge in [-0.15, -0.1) is 12.4 Å². The fourth-order valence-corrected chi connectivity index (χ4v) is 6.19. The summed E-state index contributed by atoms with van der Waals surface area (Å²) >= 11 is 0. The van der Waals surface area contributed by atoms with E-state index in [9.17, 15) is 14.7 Å². The number of hydrogen-bond acceptors (Lipinski definition) is 6. The van der Waals surface area contributed by atoms with Crippen molar-refractivity contribution in [3.8, 4) is 5.88 Å². The Morgan fingerprint density at radius 3 is 2.56 bits per heavy atom. The van der Waals surface area contributed by atoms with Crippen LogP contribution in [0.4, 0.5) is 0 Å². The Morgan fingerprint density at radius 1 is 1.31 bits per heavy atom. The summed E-state index contributed by atoms with van der Waals surface area (Å²) in [5.41, 5.74) is 4.54. The molecule has 5 N–H and O–H groups in total. The third kappa shape index (κ3) is 6.06. The van der Waals surface area contributed by atoms with E-state index in [-0.39, 0.29) is 36.2 Å². The monoisotopic (exact) mass is 523 g/mol. The van der Waals surface area contributed by atoms with Gasteiger partial charge in [-0.1, -0.05) is 19.9 Å². The number of aromatic nitrogens is 2. The van der Waals surface area contributed by atoms with E-state index in [0.29, 0.717) is 48.9 Å². The van der Waals surface area contributed by atoms with Gasteiger partial charge in [0, 0.05) is 25.3 Å². The summed E-state index contributed by atoms with van der Waals surface area (Å²) in [4.78, 5) is 25.9. The summed E-state index contributed by atoms with van der Waals surface area (Å²) in [6.45, 7) is 8.92. The molecule has 1 aromatic heterocycles. The van der Waals surface area contributed by atoms with Gasteiger partial charge < -0.3 is 26.2 Å². The molecule has 36 heavy (non-hydrogen) atoms. The van der Waals surface area contributed by atoms with E-state index in [4.69, 9.17) is 10.5 Å². The molecule has 4 fully saturated rings. The number of hydrogen-bond donors (Lipinski definition) is 4. The third-order valence-corrected chi connectivity index (χ3v) is 7.73. The fourth-order valence-electron chi connectivity index (χ4n) is 6.19. The van der Waals surface area contributed by atoms with E-state index in [2.05, 4.69) is 15.7 Å². The number of carbonyl (C=O) groups is 2. The zero-order valence-corrected chi connectivity index (χ0v) is 22.6. The second-order valence-corrected chi connectivity index (χ2v) is 11.8. The number of ether oxygens (including phenoxy) is 1. The maximum atomic E-state index is 13.4. The maximum Gasteiger partial charge on any atom is 0.258 e. The number of nitrogens with two attached hydrogens (primary N) is 1. The zero-order chi connectivity index (χ0) is 25.4. The van der Waals surface area contributed by atoms with Crippen molar-refractivity contribution in [2.45, 2.75) is 71.4 Å². The Labute approximate surface area is 220 Å². The molecule has 1 heterocycles. The first-order chi connectivity index (χ1) is 16.5. The summed E-state index contributed by atoms with van der Waals surface area (Å²) < 4.78 is 7.56. The molecular weight excluding hydrogens is 482 g/mol. The number of nitrogens with one attached hydrogen (secondary N) is 2. The minimum absolute atomic E-state index is 0. The zero-order valence-electron chi connectivity index (χ0n) is 21.8. The molecule has 0 spiro atoms. The molecule has 4 aliphatic carbocycles. The van der Waals surface area contributed by atoms with Crippen molar-refractivity contribution in [1.29, 1.82) is 0 Å². The maximum absolute atomic E-state index is 13.4. The van der Waals surface area contributed by atoms with Crippen LogP contribution in [0, 0.1) is 29.1 Å². The molecule has 5 rings (SSSR count). The van der Waals surface area contributed by atoms with Gasteiger partial charge in [0.1, 0.15) is 5.56 Å². The van der Waals surface area contributed by atoms with Crippen LogP contribution in [-0.4, -0.2) is 58.0 Å². The van der Waals surface area contributed by atoms with E-state index in [0.717, 1.165) is 32.1 Å². The predicted molar refractivity (Wildman–Crippen MR) is 141 cm³/mol. The lowest BCUT2D eigenvalue weighted by atomic mass is 9.52. The Hall–Kier alpha value is -2.10. The molecule has 1 aromatic rings. The van der Waals surface area contributed by atoms with Crippen LogP contribution in [0.3, 0.4) is 0 Å². The molecule has 0 radical (unpaired) electrons. The molecule has 4 saturated carbocycles. The number of nitrogens with zero attached hydrogens (tertiary/aromatic N) is 2. The summed E-state index contributed by atoms with van der Waals surface area (Å²) in [6.07, 6.45) is 9.54. The van der Waals surface area contributed by atoms with Crippen molar-refractivity contribution >= 4 is 30.4 Å². The SMILES string of the molecule is CC(C)COc1c(C(=O)NC2C3CC4CC2CC(O)(C4)C3)cnn1/C=C/C(C)(C)C(=O)NCCN.Cl. The van der Waals surface area contributed by atoms with Gasteiger partial charge in [-0.3, -0.25) is 9.59 Å². The van der Waals surface area contributed by atoms with Crippen LogP contribution < -0.4 is 21.1 Å². The standard InChI is InChI=1S/C26H41N5O4.ClH/c1-16(2)15-35-23-20(14-29-31(23)8-5-25(3,4)24(33)28-7-6-27)22(32)30-21-18-9-17-10-19(21)13-26(34,11-17)12-18;/h5,8,14,16-19,21,34H,6-7,9-13,15,27H2,1-4H3,(H,28,33)(H,30,32);1H/b8-5+;. The first-order valence-electron chi connectivity index (χ1n) is 12.9.